The topological polar surface area (TPSA) is 37.3 Å². The fraction of sp³-hybridized carbons (Fsp3) is 0.364. The van der Waals surface area contributed by atoms with E-state index in [9.17, 15) is 13.6 Å². The average Bonchev–Trinajstić information content (AvgIpc) is 2.18. The summed E-state index contributed by atoms with van der Waals surface area (Å²) in [6.45, 7) is 0.601. The maximum Gasteiger partial charge on any atom is 0.306 e. The minimum atomic E-state index is -0.968. The van der Waals surface area contributed by atoms with Crippen LogP contribution in [-0.2, 0) is 17.9 Å². The molecule has 0 spiro atoms. The number of rotatable bonds is 4. The summed E-state index contributed by atoms with van der Waals surface area (Å²) in [4.78, 5) is 10.6. The van der Waals surface area contributed by atoms with E-state index in [2.05, 4.69) is 0 Å². The molecule has 2 nitrogen and oxygen atoms in total. The summed E-state index contributed by atoms with van der Waals surface area (Å²) in [5, 5.41) is 8.69. The summed E-state index contributed by atoms with van der Waals surface area (Å²) in [6, 6.07) is 4.18. The molecule has 0 aliphatic heterocycles. The van der Waals surface area contributed by atoms with Gasteiger partial charge in [-0.1, -0.05) is 19.1 Å². The maximum atomic E-state index is 13.1. The number of alkyl halides is 1. The second-order valence-electron chi connectivity index (χ2n) is 3.45. The van der Waals surface area contributed by atoms with E-state index in [1.807, 2.05) is 0 Å². The lowest BCUT2D eigenvalue weighted by Crippen LogP contribution is -2.13. The molecule has 0 heterocycles. The highest BCUT2D eigenvalue weighted by atomic mass is 19.1. The molecule has 15 heavy (non-hydrogen) atoms. The first-order chi connectivity index (χ1) is 7.06. The van der Waals surface area contributed by atoms with Crippen LogP contribution in [0, 0.1) is 11.7 Å². The number of carbonyl (C=O) groups is 1. The Kier molecular flexibility index (Phi) is 3.77. The summed E-state index contributed by atoms with van der Waals surface area (Å²) in [6.07, 6.45) is 0.145. The molecule has 1 aromatic rings. The van der Waals surface area contributed by atoms with E-state index in [1.54, 1.807) is 6.07 Å². The number of halogens is 2. The van der Waals surface area contributed by atoms with Crippen LogP contribution in [0.5, 0.6) is 0 Å². The van der Waals surface area contributed by atoms with Gasteiger partial charge in [0.15, 0.2) is 0 Å². The highest BCUT2D eigenvalue weighted by molar-refractivity contribution is 5.70. The van der Waals surface area contributed by atoms with Gasteiger partial charge in [-0.15, -0.1) is 0 Å². The lowest BCUT2D eigenvalue weighted by molar-refractivity contribution is -0.141. The third kappa shape index (κ3) is 2.75. The predicted molar refractivity (Wildman–Crippen MR) is 51.7 cm³/mol. The van der Waals surface area contributed by atoms with E-state index in [4.69, 9.17) is 5.11 Å². The van der Waals surface area contributed by atoms with Gasteiger partial charge in [-0.25, -0.2) is 8.78 Å². The van der Waals surface area contributed by atoms with Crippen LogP contribution in [0.15, 0.2) is 18.2 Å². The van der Waals surface area contributed by atoms with E-state index < -0.39 is 24.4 Å². The standard InChI is InChI=1S/C11H12F2O2/c1-7(11(14)15)5-8-3-2-4-10(13)9(8)6-12/h2-4,7H,5-6H2,1H3,(H,14,15). The third-order valence-electron chi connectivity index (χ3n) is 2.30. The molecule has 0 radical (unpaired) electrons. The highest BCUT2D eigenvalue weighted by Crippen LogP contribution is 2.18. The van der Waals surface area contributed by atoms with Crippen molar-refractivity contribution in [3.05, 3.63) is 35.1 Å². The van der Waals surface area contributed by atoms with Crippen LogP contribution in [0.3, 0.4) is 0 Å². The van der Waals surface area contributed by atoms with Crippen LogP contribution in [-0.4, -0.2) is 11.1 Å². The van der Waals surface area contributed by atoms with Gasteiger partial charge in [0.25, 0.3) is 0 Å². The largest absolute Gasteiger partial charge is 0.481 e. The van der Waals surface area contributed by atoms with Crippen molar-refractivity contribution in [1.29, 1.82) is 0 Å². The van der Waals surface area contributed by atoms with Crippen molar-refractivity contribution in [1.82, 2.24) is 0 Å². The van der Waals surface area contributed by atoms with Gasteiger partial charge < -0.3 is 5.11 Å². The van der Waals surface area contributed by atoms with E-state index in [-0.39, 0.29) is 12.0 Å². The molecular weight excluding hydrogens is 202 g/mol. The monoisotopic (exact) mass is 214 g/mol. The molecule has 0 saturated carbocycles. The van der Waals surface area contributed by atoms with Gasteiger partial charge in [-0.3, -0.25) is 4.79 Å². The Labute approximate surface area is 86.5 Å². The van der Waals surface area contributed by atoms with Crippen LogP contribution in [0.4, 0.5) is 8.78 Å². The zero-order valence-corrected chi connectivity index (χ0v) is 8.34. The fourth-order valence-electron chi connectivity index (χ4n) is 1.36. The van der Waals surface area contributed by atoms with E-state index >= 15 is 0 Å². The molecule has 0 saturated heterocycles. The van der Waals surface area contributed by atoms with Gasteiger partial charge in [0.05, 0.1) is 5.92 Å². The molecular formula is C11H12F2O2. The number of hydrogen-bond acceptors (Lipinski definition) is 1. The molecule has 0 bridgehead atoms. The Morgan fingerprint density at radius 3 is 2.73 bits per heavy atom. The summed E-state index contributed by atoms with van der Waals surface area (Å²) in [5.41, 5.74) is 0.387. The van der Waals surface area contributed by atoms with Gasteiger partial charge in [-0.05, 0) is 18.1 Å². The van der Waals surface area contributed by atoms with Gasteiger partial charge in [0.1, 0.15) is 12.5 Å². The Morgan fingerprint density at radius 1 is 1.53 bits per heavy atom. The van der Waals surface area contributed by atoms with Crippen LogP contribution in [0.2, 0.25) is 0 Å². The van der Waals surface area contributed by atoms with Crippen molar-refractivity contribution in [3.8, 4) is 0 Å². The number of hydrogen-bond donors (Lipinski definition) is 1. The minimum absolute atomic E-state index is 0.0365. The number of carboxylic acid groups (broad SMARTS) is 1. The lowest BCUT2D eigenvalue weighted by Gasteiger charge is -2.10. The average molecular weight is 214 g/mol. The van der Waals surface area contributed by atoms with Gasteiger partial charge >= 0.3 is 5.97 Å². The first-order valence-corrected chi connectivity index (χ1v) is 4.61. The number of carboxylic acids is 1. The molecule has 0 fully saturated rings. The van der Waals surface area contributed by atoms with Crippen LogP contribution < -0.4 is 0 Å². The molecule has 1 atom stereocenters. The zero-order chi connectivity index (χ0) is 11.4. The number of benzene rings is 1. The van der Waals surface area contributed by atoms with E-state index in [0.717, 1.165) is 0 Å². The predicted octanol–water partition coefficient (Wildman–Crippen LogP) is 2.56. The van der Waals surface area contributed by atoms with Crippen molar-refractivity contribution >= 4 is 5.97 Å². The molecule has 0 amide bonds. The Bertz CT molecular complexity index is 364. The Morgan fingerprint density at radius 2 is 2.20 bits per heavy atom. The molecule has 1 rings (SSSR count). The van der Waals surface area contributed by atoms with Crippen LogP contribution >= 0.6 is 0 Å². The molecule has 4 heteroatoms. The SMILES string of the molecule is CC(Cc1cccc(F)c1CF)C(=O)O. The van der Waals surface area contributed by atoms with Crippen LogP contribution in [0.1, 0.15) is 18.1 Å². The summed E-state index contributed by atoms with van der Waals surface area (Å²) in [7, 11) is 0. The van der Waals surface area contributed by atoms with Gasteiger partial charge in [0.2, 0.25) is 0 Å². The molecule has 82 valence electrons. The molecule has 0 aromatic heterocycles. The molecule has 0 aliphatic carbocycles. The lowest BCUT2D eigenvalue weighted by atomic mass is 9.97. The summed E-state index contributed by atoms with van der Waals surface area (Å²) < 4.78 is 25.6. The van der Waals surface area contributed by atoms with E-state index in [1.165, 1.54) is 19.1 Å². The molecule has 1 unspecified atom stereocenters. The Hall–Kier alpha value is -1.45. The first-order valence-electron chi connectivity index (χ1n) is 4.61. The zero-order valence-electron chi connectivity index (χ0n) is 8.34. The highest BCUT2D eigenvalue weighted by Gasteiger charge is 2.15. The summed E-state index contributed by atoms with van der Waals surface area (Å²) in [5.74, 6) is -2.23. The van der Waals surface area contributed by atoms with Crippen molar-refractivity contribution in [2.24, 2.45) is 5.92 Å². The molecule has 1 aromatic carbocycles. The first kappa shape index (κ1) is 11.6. The van der Waals surface area contributed by atoms with Crippen molar-refractivity contribution in [3.63, 3.8) is 0 Å². The van der Waals surface area contributed by atoms with E-state index in [0.29, 0.717) is 5.56 Å². The molecule has 0 aliphatic rings. The van der Waals surface area contributed by atoms with Crippen LogP contribution in [0.25, 0.3) is 0 Å². The third-order valence-corrected chi connectivity index (χ3v) is 2.30. The molecule has 1 N–H and O–H groups in total. The van der Waals surface area contributed by atoms with Gasteiger partial charge in [-0.2, -0.15) is 0 Å². The van der Waals surface area contributed by atoms with Crippen molar-refractivity contribution in [2.45, 2.75) is 20.0 Å². The smallest absolute Gasteiger partial charge is 0.306 e. The maximum absolute atomic E-state index is 13.1. The van der Waals surface area contributed by atoms with Crippen molar-refractivity contribution in [2.75, 3.05) is 0 Å². The van der Waals surface area contributed by atoms with Gasteiger partial charge in [0, 0.05) is 5.56 Å². The minimum Gasteiger partial charge on any atom is -0.481 e. The second kappa shape index (κ2) is 4.87. The second-order valence-corrected chi connectivity index (χ2v) is 3.45. The van der Waals surface area contributed by atoms with Crippen molar-refractivity contribution < 1.29 is 18.7 Å². The summed E-state index contributed by atoms with van der Waals surface area (Å²) >= 11 is 0. The number of aliphatic carboxylic acids is 1. The Balaban J connectivity index is 2.94. The fourth-order valence-corrected chi connectivity index (χ4v) is 1.36. The normalized spacial score (nSPS) is 12.5. The quantitative estimate of drug-likeness (QED) is 0.836.